The summed E-state index contributed by atoms with van der Waals surface area (Å²) in [5, 5.41) is 0.581. The van der Waals surface area contributed by atoms with Crippen molar-refractivity contribution in [2.24, 2.45) is 0 Å². The fourth-order valence-electron chi connectivity index (χ4n) is 4.25. The maximum atomic E-state index is 13.5. The molecule has 1 saturated heterocycles. The van der Waals surface area contributed by atoms with Crippen molar-refractivity contribution >= 4 is 80.9 Å². The molecule has 0 N–H and O–H groups in total. The molecule has 3 aromatic rings. The first kappa shape index (κ1) is 25.8. The van der Waals surface area contributed by atoms with E-state index in [-0.39, 0.29) is 18.2 Å². The minimum atomic E-state index is -0.111. The Hall–Kier alpha value is -2.84. The molecule has 8 heteroatoms. The smallest absolute Gasteiger partial charge is 0.266 e. The number of anilines is 2. The summed E-state index contributed by atoms with van der Waals surface area (Å²) in [7, 11) is 0. The maximum Gasteiger partial charge on any atom is 0.266 e. The van der Waals surface area contributed by atoms with Crippen LogP contribution in [0.2, 0.25) is 5.02 Å². The van der Waals surface area contributed by atoms with E-state index in [9.17, 15) is 9.59 Å². The average molecular weight is 563 g/mol. The lowest BCUT2D eigenvalue weighted by Crippen LogP contribution is -2.32. The third-order valence-electron chi connectivity index (χ3n) is 5.94. The molecule has 0 aromatic heterocycles. The van der Waals surface area contributed by atoms with Crippen LogP contribution in [0.3, 0.4) is 0 Å². The topological polar surface area (TPSA) is 40.6 Å². The molecule has 1 fully saturated rings. The molecule has 0 radical (unpaired) electrons. The second-order valence-corrected chi connectivity index (χ2v) is 11.8. The molecule has 37 heavy (non-hydrogen) atoms. The van der Waals surface area contributed by atoms with Gasteiger partial charge in [0.15, 0.2) is 0 Å². The summed E-state index contributed by atoms with van der Waals surface area (Å²) in [6.07, 6.45) is 4.68. The van der Waals surface area contributed by atoms with Crippen molar-refractivity contribution in [1.82, 2.24) is 4.90 Å². The van der Waals surface area contributed by atoms with Crippen LogP contribution in [0.5, 0.6) is 0 Å². The fraction of sp³-hybridized carbons (Fsp3) is 0.138. The van der Waals surface area contributed by atoms with Crippen molar-refractivity contribution in [2.45, 2.75) is 29.6 Å². The molecule has 4 nitrogen and oxygen atoms in total. The molecule has 0 spiro atoms. The van der Waals surface area contributed by atoms with Crippen LogP contribution in [0.25, 0.3) is 6.08 Å². The summed E-state index contributed by atoms with van der Waals surface area (Å²) < 4.78 is 0.521. The predicted octanol–water partition coefficient (Wildman–Crippen LogP) is 8.10. The van der Waals surface area contributed by atoms with Gasteiger partial charge in [-0.25, -0.2) is 0 Å². The third kappa shape index (κ3) is 5.70. The van der Waals surface area contributed by atoms with Crippen molar-refractivity contribution in [2.75, 3.05) is 11.4 Å². The molecule has 0 unspecified atom stereocenters. The van der Waals surface area contributed by atoms with Crippen LogP contribution in [0.4, 0.5) is 11.4 Å². The van der Waals surface area contributed by atoms with Crippen LogP contribution in [-0.2, 0) is 9.59 Å². The van der Waals surface area contributed by atoms with Crippen LogP contribution in [0.15, 0.2) is 99.1 Å². The van der Waals surface area contributed by atoms with E-state index < -0.39 is 0 Å². The van der Waals surface area contributed by atoms with Gasteiger partial charge in [-0.05, 0) is 60.9 Å². The number of halogens is 1. The van der Waals surface area contributed by atoms with Gasteiger partial charge >= 0.3 is 0 Å². The Morgan fingerprint density at radius 3 is 2.51 bits per heavy atom. The molecule has 3 aromatic carbocycles. The van der Waals surface area contributed by atoms with Crippen molar-refractivity contribution in [3.8, 4) is 0 Å². The molecule has 5 rings (SSSR count). The SMILES string of the molecule is CC(/C=C1\SC(=S)N(CCCC(=O)N2c3ccccc3Sc3ccc(Cl)cc32)C1=O)=C\c1ccccc1. The number of fused-ring (bicyclic) bond motifs is 2. The summed E-state index contributed by atoms with van der Waals surface area (Å²) in [6.45, 7) is 2.36. The number of carbonyl (C=O) groups is 2. The fourth-order valence-corrected chi connectivity index (χ4v) is 6.81. The minimum Gasteiger partial charge on any atom is -0.293 e. The highest BCUT2D eigenvalue weighted by Gasteiger charge is 2.32. The summed E-state index contributed by atoms with van der Waals surface area (Å²) in [5.74, 6) is -0.154. The number of allylic oxidation sites excluding steroid dienone is 2. The van der Waals surface area contributed by atoms with Gasteiger partial charge in [-0.1, -0.05) is 95.9 Å². The second kappa shape index (κ2) is 11.3. The van der Waals surface area contributed by atoms with Crippen molar-refractivity contribution < 1.29 is 9.59 Å². The predicted molar refractivity (Wildman–Crippen MR) is 158 cm³/mol. The van der Waals surface area contributed by atoms with E-state index in [1.54, 1.807) is 21.6 Å². The average Bonchev–Trinajstić information content (AvgIpc) is 3.15. The lowest BCUT2D eigenvalue weighted by molar-refractivity contribution is -0.123. The number of thioether (sulfide) groups is 1. The van der Waals surface area contributed by atoms with Crippen molar-refractivity contribution in [1.29, 1.82) is 0 Å². The van der Waals surface area contributed by atoms with E-state index in [0.717, 1.165) is 32.3 Å². The van der Waals surface area contributed by atoms with Crippen molar-refractivity contribution in [3.05, 3.63) is 99.9 Å². The number of carbonyl (C=O) groups excluding carboxylic acids is 2. The van der Waals surface area contributed by atoms with Gasteiger partial charge in [0.05, 0.1) is 16.3 Å². The number of amides is 2. The largest absolute Gasteiger partial charge is 0.293 e. The van der Waals surface area contributed by atoms with E-state index >= 15 is 0 Å². The van der Waals surface area contributed by atoms with Gasteiger partial charge in [0.25, 0.3) is 5.91 Å². The molecule has 0 bridgehead atoms. The highest BCUT2D eigenvalue weighted by molar-refractivity contribution is 8.26. The molecule has 2 aliphatic rings. The van der Waals surface area contributed by atoms with Crippen molar-refractivity contribution in [3.63, 3.8) is 0 Å². The quantitative estimate of drug-likeness (QED) is 0.224. The van der Waals surface area contributed by atoms with E-state index in [4.69, 9.17) is 23.8 Å². The van der Waals surface area contributed by atoms with Gasteiger partial charge in [-0.3, -0.25) is 19.4 Å². The molecule has 2 aliphatic heterocycles. The first-order chi connectivity index (χ1) is 17.9. The van der Waals surface area contributed by atoms with Gasteiger partial charge < -0.3 is 0 Å². The lowest BCUT2D eigenvalue weighted by atomic mass is 10.1. The number of rotatable bonds is 6. The van der Waals surface area contributed by atoms with Crippen LogP contribution >= 0.6 is 47.3 Å². The zero-order valence-corrected chi connectivity index (χ0v) is 23.2. The normalized spacial score (nSPS) is 16.3. The van der Waals surface area contributed by atoms with Crippen LogP contribution in [0, 0.1) is 0 Å². The highest BCUT2D eigenvalue weighted by Crippen LogP contribution is 2.49. The van der Waals surface area contributed by atoms with E-state index in [2.05, 4.69) is 0 Å². The first-order valence-electron chi connectivity index (χ1n) is 11.8. The van der Waals surface area contributed by atoms with E-state index in [1.807, 2.05) is 91.9 Å². The molecular weight excluding hydrogens is 540 g/mol. The highest BCUT2D eigenvalue weighted by atomic mass is 35.5. The molecule has 186 valence electrons. The molecule has 0 aliphatic carbocycles. The Morgan fingerprint density at radius 1 is 0.973 bits per heavy atom. The molecule has 0 atom stereocenters. The summed E-state index contributed by atoms with van der Waals surface area (Å²) in [4.78, 5) is 32.5. The standard InChI is InChI=1S/C29H23ClN2O2S3/c1-19(16-20-8-3-2-4-9-20)17-26-28(34)31(29(35)37-26)15-7-12-27(33)32-22-10-5-6-11-24(22)36-25-14-13-21(30)18-23(25)32/h2-6,8-11,13-14,16-18H,7,12,15H2,1H3/b19-16+,26-17-. The third-order valence-corrected chi connectivity index (χ3v) is 8.68. The molecule has 2 heterocycles. The minimum absolute atomic E-state index is 0.0427. The number of nitrogens with zero attached hydrogens (tertiary/aromatic N) is 2. The van der Waals surface area contributed by atoms with Gasteiger partial charge in [-0.15, -0.1) is 0 Å². The Kier molecular flexibility index (Phi) is 7.86. The van der Waals surface area contributed by atoms with Gasteiger partial charge in [-0.2, -0.15) is 0 Å². The Morgan fingerprint density at radius 2 is 1.70 bits per heavy atom. The van der Waals surface area contributed by atoms with Gasteiger partial charge in [0.2, 0.25) is 5.91 Å². The Labute approximate surface area is 235 Å². The van der Waals surface area contributed by atoms with Crippen LogP contribution in [-0.4, -0.2) is 27.6 Å². The monoisotopic (exact) mass is 562 g/mol. The van der Waals surface area contributed by atoms with Crippen LogP contribution in [0.1, 0.15) is 25.3 Å². The molecule has 2 amide bonds. The summed E-state index contributed by atoms with van der Waals surface area (Å²) in [5.41, 5.74) is 3.68. The number of para-hydroxylation sites is 1. The zero-order chi connectivity index (χ0) is 25.9. The zero-order valence-electron chi connectivity index (χ0n) is 20.0. The van der Waals surface area contributed by atoms with Crippen LogP contribution < -0.4 is 4.90 Å². The Bertz CT molecular complexity index is 1450. The molecule has 0 saturated carbocycles. The second-order valence-electron chi connectivity index (χ2n) is 8.65. The van der Waals surface area contributed by atoms with Gasteiger partial charge in [0.1, 0.15) is 4.32 Å². The lowest BCUT2D eigenvalue weighted by Gasteiger charge is -2.31. The summed E-state index contributed by atoms with van der Waals surface area (Å²) in [6, 6.07) is 23.4. The number of thiocarbonyl (C=S) groups is 1. The number of hydrogen-bond acceptors (Lipinski definition) is 5. The summed E-state index contributed by atoms with van der Waals surface area (Å²) >= 11 is 14.7. The van der Waals surface area contributed by atoms with Gasteiger partial charge in [0, 0.05) is 27.8 Å². The maximum absolute atomic E-state index is 13.5. The Balaban J connectivity index is 1.26. The van der Waals surface area contributed by atoms with E-state index in [1.165, 1.54) is 11.8 Å². The molecular formula is C29H23ClN2O2S3. The first-order valence-corrected chi connectivity index (χ1v) is 14.2. The number of benzene rings is 3. The van der Waals surface area contributed by atoms with E-state index in [0.29, 0.717) is 27.2 Å². The number of hydrogen-bond donors (Lipinski definition) is 0.